The quantitative estimate of drug-likeness (QED) is 0.476. The number of amides is 3. The zero-order chi connectivity index (χ0) is 26.0. The van der Waals surface area contributed by atoms with E-state index in [1.165, 1.54) is 0 Å². The van der Waals surface area contributed by atoms with Crippen LogP contribution in [0.3, 0.4) is 0 Å². The first-order valence-corrected chi connectivity index (χ1v) is 12.6. The fraction of sp³-hybridized carbons (Fsp3) is 0.367. The molecular weight excluding hydrogens is 450 g/mol. The molecule has 36 heavy (non-hydrogen) atoms. The molecule has 0 aromatic heterocycles. The molecule has 6 nitrogen and oxygen atoms in total. The van der Waals surface area contributed by atoms with Gasteiger partial charge in [0.15, 0.2) is 0 Å². The van der Waals surface area contributed by atoms with E-state index in [1.54, 1.807) is 16.7 Å². The van der Waals surface area contributed by atoms with Crippen LogP contribution in [-0.2, 0) is 16.1 Å². The summed E-state index contributed by atoms with van der Waals surface area (Å²) in [6.45, 7) is 10.4. The van der Waals surface area contributed by atoms with Crippen molar-refractivity contribution in [3.63, 3.8) is 0 Å². The largest absolute Gasteiger partial charge is 0.350 e. The van der Waals surface area contributed by atoms with E-state index in [4.69, 9.17) is 0 Å². The van der Waals surface area contributed by atoms with Crippen LogP contribution in [0.4, 0.5) is 5.69 Å². The fourth-order valence-corrected chi connectivity index (χ4v) is 4.80. The van der Waals surface area contributed by atoms with Crippen LogP contribution in [-0.4, -0.2) is 40.7 Å². The van der Waals surface area contributed by atoms with Gasteiger partial charge in [-0.1, -0.05) is 54.1 Å². The second kappa shape index (κ2) is 10.1. The highest BCUT2D eigenvalue weighted by atomic mass is 16.2. The summed E-state index contributed by atoms with van der Waals surface area (Å²) in [6.07, 6.45) is 0.752. The topological polar surface area (TPSA) is 69.7 Å². The zero-order valence-corrected chi connectivity index (χ0v) is 21.8. The molecule has 0 saturated heterocycles. The third-order valence-electron chi connectivity index (χ3n) is 6.52. The highest BCUT2D eigenvalue weighted by molar-refractivity contribution is 6.25. The van der Waals surface area contributed by atoms with Gasteiger partial charge in [-0.25, -0.2) is 0 Å². The Kier molecular flexibility index (Phi) is 7.16. The van der Waals surface area contributed by atoms with Gasteiger partial charge in [0.1, 0.15) is 6.04 Å². The van der Waals surface area contributed by atoms with E-state index in [2.05, 4.69) is 5.32 Å². The molecule has 3 aromatic rings. The van der Waals surface area contributed by atoms with Gasteiger partial charge in [-0.3, -0.25) is 14.4 Å². The van der Waals surface area contributed by atoms with Crippen molar-refractivity contribution in [2.45, 2.75) is 65.6 Å². The van der Waals surface area contributed by atoms with Crippen molar-refractivity contribution in [3.8, 4) is 0 Å². The highest BCUT2D eigenvalue weighted by Crippen LogP contribution is 2.37. The maximum atomic E-state index is 13.5. The molecule has 3 aromatic carbocycles. The standard InChI is InChI=1S/C30H35N3O3/c1-20-10-6-11-22(18-20)19-33(21(2)28(35)31-30(3,4)5)26(34)16-9-17-32-25-15-8-13-23-12-7-14-24(27(23)25)29(32)36/h6-8,10-15,18,21H,9,16-17,19H2,1-5H3,(H,31,35). The first kappa shape index (κ1) is 25.4. The zero-order valence-electron chi connectivity index (χ0n) is 21.8. The molecule has 0 aliphatic carbocycles. The molecule has 1 unspecified atom stereocenters. The Morgan fingerprint density at radius 1 is 1.03 bits per heavy atom. The molecule has 0 spiro atoms. The van der Waals surface area contributed by atoms with Crippen molar-refractivity contribution in [1.29, 1.82) is 0 Å². The minimum atomic E-state index is -0.622. The van der Waals surface area contributed by atoms with Crippen molar-refractivity contribution in [2.75, 3.05) is 11.4 Å². The summed E-state index contributed by atoms with van der Waals surface area (Å²) in [5, 5.41) is 5.01. The number of benzene rings is 3. The van der Waals surface area contributed by atoms with Crippen molar-refractivity contribution in [1.82, 2.24) is 10.2 Å². The summed E-state index contributed by atoms with van der Waals surface area (Å²) in [5.74, 6) is -0.306. The number of hydrogen-bond acceptors (Lipinski definition) is 3. The number of rotatable bonds is 8. The lowest BCUT2D eigenvalue weighted by Gasteiger charge is -2.31. The van der Waals surface area contributed by atoms with E-state index < -0.39 is 11.6 Å². The van der Waals surface area contributed by atoms with Crippen LogP contribution in [0.2, 0.25) is 0 Å². The van der Waals surface area contributed by atoms with Crippen molar-refractivity contribution in [2.24, 2.45) is 0 Å². The summed E-state index contributed by atoms with van der Waals surface area (Å²) in [6, 6.07) is 19.1. The van der Waals surface area contributed by atoms with Crippen molar-refractivity contribution in [3.05, 3.63) is 77.4 Å². The molecule has 1 heterocycles. The van der Waals surface area contributed by atoms with Gasteiger partial charge in [-0.2, -0.15) is 0 Å². The van der Waals surface area contributed by atoms with Crippen molar-refractivity contribution < 1.29 is 14.4 Å². The minimum Gasteiger partial charge on any atom is -0.350 e. The average Bonchev–Trinajstić information content (AvgIpc) is 3.09. The van der Waals surface area contributed by atoms with Gasteiger partial charge in [0.25, 0.3) is 5.91 Å². The average molecular weight is 486 g/mol. The lowest BCUT2D eigenvalue weighted by Crippen LogP contribution is -2.52. The van der Waals surface area contributed by atoms with Gasteiger partial charge < -0.3 is 15.1 Å². The van der Waals surface area contributed by atoms with Gasteiger partial charge in [0, 0.05) is 36.0 Å². The van der Waals surface area contributed by atoms with E-state index in [0.717, 1.165) is 27.6 Å². The molecule has 0 bridgehead atoms. The molecule has 0 saturated carbocycles. The van der Waals surface area contributed by atoms with Gasteiger partial charge >= 0.3 is 0 Å². The minimum absolute atomic E-state index is 0.0243. The second-order valence-electron chi connectivity index (χ2n) is 10.7. The summed E-state index contributed by atoms with van der Waals surface area (Å²) < 4.78 is 0. The Bertz CT molecular complexity index is 1300. The predicted octanol–water partition coefficient (Wildman–Crippen LogP) is 5.22. The number of nitrogens with zero attached hydrogens (tertiary/aromatic N) is 2. The summed E-state index contributed by atoms with van der Waals surface area (Å²) in [4.78, 5) is 42.9. The summed E-state index contributed by atoms with van der Waals surface area (Å²) in [5.41, 5.74) is 3.30. The van der Waals surface area contributed by atoms with Gasteiger partial charge in [-0.15, -0.1) is 0 Å². The van der Waals surface area contributed by atoms with Crippen LogP contribution in [0.15, 0.2) is 60.7 Å². The lowest BCUT2D eigenvalue weighted by molar-refractivity contribution is -0.141. The van der Waals surface area contributed by atoms with Crippen LogP contribution in [0, 0.1) is 6.92 Å². The Morgan fingerprint density at radius 2 is 1.72 bits per heavy atom. The molecule has 0 radical (unpaired) electrons. The maximum Gasteiger partial charge on any atom is 0.258 e. The molecular formula is C30H35N3O3. The molecule has 188 valence electrons. The number of nitrogens with one attached hydrogen (secondary N) is 1. The van der Waals surface area contributed by atoms with Gasteiger partial charge in [0.2, 0.25) is 11.8 Å². The molecule has 0 fully saturated rings. The third kappa shape index (κ3) is 5.43. The van der Waals surface area contributed by atoms with Gasteiger partial charge in [-0.05, 0) is 64.1 Å². The van der Waals surface area contributed by atoms with Gasteiger partial charge in [0.05, 0.1) is 5.69 Å². The van der Waals surface area contributed by atoms with E-state index in [1.807, 2.05) is 88.4 Å². The molecule has 1 atom stereocenters. The Morgan fingerprint density at radius 3 is 2.42 bits per heavy atom. The number of aryl methyl sites for hydroxylation is 1. The second-order valence-corrected chi connectivity index (χ2v) is 10.7. The number of hydrogen-bond donors (Lipinski definition) is 1. The monoisotopic (exact) mass is 485 g/mol. The van der Waals surface area contributed by atoms with Crippen LogP contribution < -0.4 is 10.2 Å². The summed E-state index contributed by atoms with van der Waals surface area (Å²) in [7, 11) is 0. The summed E-state index contributed by atoms with van der Waals surface area (Å²) >= 11 is 0. The molecule has 1 aliphatic rings. The third-order valence-corrected chi connectivity index (χ3v) is 6.52. The SMILES string of the molecule is Cc1cccc(CN(C(=O)CCCN2C(=O)c3cccc4cccc2c34)C(C)C(=O)NC(C)(C)C)c1. The molecule has 1 N–H and O–H groups in total. The van der Waals surface area contributed by atoms with E-state index >= 15 is 0 Å². The highest BCUT2D eigenvalue weighted by Gasteiger charge is 2.31. The van der Waals surface area contributed by atoms with Crippen molar-refractivity contribution >= 4 is 34.2 Å². The Hall–Kier alpha value is -3.67. The molecule has 3 amide bonds. The fourth-order valence-electron chi connectivity index (χ4n) is 4.80. The number of carbonyl (C=O) groups excluding carboxylic acids is 3. The van der Waals surface area contributed by atoms with E-state index in [9.17, 15) is 14.4 Å². The van der Waals surface area contributed by atoms with E-state index in [0.29, 0.717) is 25.1 Å². The molecule has 6 heteroatoms. The Balaban J connectivity index is 1.47. The maximum absolute atomic E-state index is 13.5. The number of carbonyl (C=O) groups is 3. The molecule has 1 aliphatic heterocycles. The van der Waals surface area contributed by atoms with E-state index in [-0.39, 0.29) is 24.1 Å². The first-order valence-electron chi connectivity index (χ1n) is 12.6. The smallest absolute Gasteiger partial charge is 0.258 e. The molecule has 4 rings (SSSR count). The van der Waals surface area contributed by atoms with Crippen LogP contribution in [0.5, 0.6) is 0 Å². The number of anilines is 1. The Labute approximate surface area is 213 Å². The van der Waals surface area contributed by atoms with Crippen LogP contribution >= 0.6 is 0 Å². The predicted molar refractivity (Wildman–Crippen MR) is 144 cm³/mol. The van der Waals surface area contributed by atoms with Crippen LogP contribution in [0.25, 0.3) is 10.8 Å². The van der Waals surface area contributed by atoms with Crippen LogP contribution in [0.1, 0.15) is 62.0 Å². The normalized spacial score (nSPS) is 13.7. The lowest BCUT2D eigenvalue weighted by atomic mass is 10.1. The first-order chi connectivity index (χ1) is 17.0.